The third kappa shape index (κ3) is 3.50. The van der Waals surface area contributed by atoms with Crippen molar-refractivity contribution in [3.63, 3.8) is 0 Å². The Hall–Kier alpha value is -1.82. The van der Waals surface area contributed by atoms with Gasteiger partial charge in [-0.3, -0.25) is 9.36 Å². The average molecular weight is 321 g/mol. The van der Waals surface area contributed by atoms with Crippen LogP contribution in [0.5, 0.6) is 0 Å². The number of hydrogen-bond acceptors (Lipinski definition) is 3. The largest absolute Gasteiger partial charge is 0.348 e. The van der Waals surface area contributed by atoms with Crippen LogP contribution in [0.4, 0.5) is 4.39 Å². The fraction of sp³-hybridized carbons (Fsp3) is 0.375. The zero-order valence-corrected chi connectivity index (χ0v) is 13.8. The maximum Gasteiger partial charge on any atom is 0.270 e. The minimum absolute atomic E-state index is 0.141. The van der Waals surface area contributed by atoms with Gasteiger partial charge in [0.1, 0.15) is 11.5 Å². The molecule has 2 aromatic rings. The minimum Gasteiger partial charge on any atom is -0.348 e. The van der Waals surface area contributed by atoms with E-state index in [0.29, 0.717) is 10.9 Å². The molecule has 0 saturated carbocycles. The lowest BCUT2D eigenvalue weighted by molar-refractivity contribution is 0.0927. The first-order chi connectivity index (χ1) is 10.6. The third-order valence-corrected chi connectivity index (χ3v) is 4.20. The van der Waals surface area contributed by atoms with Gasteiger partial charge in [0.15, 0.2) is 5.16 Å². The Kier molecular flexibility index (Phi) is 5.60. The van der Waals surface area contributed by atoms with Gasteiger partial charge < -0.3 is 5.32 Å². The third-order valence-electron chi connectivity index (χ3n) is 3.55. The summed E-state index contributed by atoms with van der Waals surface area (Å²) in [6.07, 6.45) is 5.21. The number of amides is 1. The molecule has 1 heterocycles. The first kappa shape index (κ1) is 16.5. The van der Waals surface area contributed by atoms with E-state index in [1.54, 1.807) is 22.9 Å². The molecule has 1 N–H and O–H groups in total. The molecule has 0 atom stereocenters. The Morgan fingerprint density at radius 3 is 2.50 bits per heavy atom. The molecule has 22 heavy (non-hydrogen) atoms. The van der Waals surface area contributed by atoms with Gasteiger partial charge in [0.2, 0.25) is 0 Å². The Bertz CT molecular complexity index is 635. The van der Waals surface area contributed by atoms with Crippen molar-refractivity contribution < 1.29 is 9.18 Å². The number of rotatable bonds is 6. The summed E-state index contributed by atoms with van der Waals surface area (Å²) < 4.78 is 14.9. The number of thioether (sulfide) groups is 1. The monoisotopic (exact) mass is 321 g/mol. The van der Waals surface area contributed by atoms with E-state index < -0.39 is 0 Å². The molecule has 0 radical (unpaired) electrons. The summed E-state index contributed by atoms with van der Waals surface area (Å²) in [5, 5.41) is 3.70. The molecule has 118 valence electrons. The zero-order chi connectivity index (χ0) is 16.1. The minimum atomic E-state index is -0.308. The number of benzene rings is 1. The lowest BCUT2D eigenvalue weighted by atomic mass is 10.1. The van der Waals surface area contributed by atoms with Gasteiger partial charge in [0.25, 0.3) is 5.91 Å². The van der Waals surface area contributed by atoms with Crippen molar-refractivity contribution in [2.24, 2.45) is 0 Å². The molecule has 1 amide bonds. The number of hydrogen-bond donors (Lipinski definition) is 1. The number of carbonyl (C=O) groups is 1. The van der Waals surface area contributed by atoms with Gasteiger partial charge in [0.05, 0.1) is 6.20 Å². The summed E-state index contributed by atoms with van der Waals surface area (Å²) >= 11 is 1.44. The van der Waals surface area contributed by atoms with E-state index in [-0.39, 0.29) is 17.8 Å². The van der Waals surface area contributed by atoms with Gasteiger partial charge >= 0.3 is 0 Å². The number of nitrogens with zero attached hydrogens (tertiary/aromatic N) is 2. The number of halogens is 1. The summed E-state index contributed by atoms with van der Waals surface area (Å²) in [6.45, 7) is 4.08. The van der Waals surface area contributed by atoms with Crippen LogP contribution in [0, 0.1) is 5.82 Å². The normalized spacial score (nSPS) is 11.0. The van der Waals surface area contributed by atoms with Crippen molar-refractivity contribution in [3.05, 3.63) is 42.0 Å². The highest BCUT2D eigenvalue weighted by atomic mass is 32.2. The van der Waals surface area contributed by atoms with Crippen molar-refractivity contribution in [2.45, 2.75) is 37.9 Å². The summed E-state index contributed by atoms with van der Waals surface area (Å²) in [7, 11) is 0. The standard InChI is InChI=1S/C16H20FN3OS/c1-4-12(5-2)19-15(21)14-10-18-16(22-3)20(14)13-8-6-11(17)7-9-13/h6-10,12H,4-5H2,1-3H3,(H,19,21). The molecule has 6 heteroatoms. The van der Waals surface area contributed by atoms with E-state index in [1.165, 1.54) is 23.9 Å². The summed E-state index contributed by atoms with van der Waals surface area (Å²) in [5.41, 5.74) is 1.18. The molecule has 0 unspecified atom stereocenters. The Morgan fingerprint density at radius 2 is 1.95 bits per heavy atom. The molecule has 0 aliphatic rings. The van der Waals surface area contributed by atoms with E-state index >= 15 is 0 Å². The maximum absolute atomic E-state index is 13.1. The molecule has 0 spiro atoms. The van der Waals surface area contributed by atoms with Crippen LogP contribution in [0.15, 0.2) is 35.6 Å². The highest BCUT2D eigenvalue weighted by molar-refractivity contribution is 7.98. The predicted octanol–water partition coefficient (Wildman–Crippen LogP) is 3.65. The lowest BCUT2D eigenvalue weighted by Gasteiger charge is -2.16. The van der Waals surface area contributed by atoms with Crippen LogP contribution in [0.2, 0.25) is 0 Å². The smallest absolute Gasteiger partial charge is 0.270 e. The molecular formula is C16H20FN3OS. The van der Waals surface area contributed by atoms with Gasteiger partial charge in [0, 0.05) is 11.7 Å². The molecular weight excluding hydrogens is 301 g/mol. The molecule has 2 rings (SSSR count). The number of carbonyl (C=O) groups excluding carboxylic acids is 1. The quantitative estimate of drug-likeness (QED) is 0.826. The van der Waals surface area contributed by atoms with E-state index in [1.807, 2.05) is 20.1 Å². The number of nitrogens with one attached hydrogen (secondary N) is 1. The van der Waals surface area contributed by atoms with E-state index in [2.05, 4.69) is 10.3 Å². The Morgan fingerprint density at radius 1 is 1.32 bits per heavy atom. The van der Waals surface area contributed by atoms with Gasteiger partial charge in [-0.1, -0.05) is 25.6 Å². The zero-order valence-electron chi connectivity index (χ0n) is 13.0. The molecule has 4 nitrogen and oxygen atoms in total. The Balaban J connectivity index is 2.38. The first-order valence-electron chi connectivity index (χ1n) is 7.29. The van der Waals surface area contributed by atoms with Gasteiger partial charge in [-0.2, -0.15) is 0 Å². The fourth-order valence-corrected chi connectivity index (χ4v) is 2.78. The SMILES string of the molecule is CCC(CC)NC(=O)c1cnc(SC)n1-c1ccc(F)cc1. The molecule has 0 saturated heterocycles. The molecule has 0 aliphatic carbocycles. The van der Waals surface area contributed by atoms with Crippen molar-refractivity contribution in [1.82, 2.24) is 14.9 Å². The van der Waals surface area contributed by atoms with Gasteiger partial charge in [-0.25, -0.2) is 9.37 Å². The first-order valence-corrected chi connectivity index (χ1v) is 8.51. The highest BCUT2D eigenvalue weighted by Crippen LogP contribution is 2.22. The highest BCUT2D eigenvalue weighted by Gasteiger charge is 2.19. The molecule has 1 aromatic carbocycles. The number of aromatic nitrogens is 2. The molecule has 0 fully saturated rings. The molecule has 0 bridgehead atoms. The van der Waals surface area contributed by atoms with Crippen LogP contribution in [0.1, 0.15) is 37.2 Å². The number of imidazole rings is 1. The van der Waals surface area contributed by atoms with Gasteiger partial charge in [-0.05, 0) is 43.4 Å². The van der Waals surface area contributed by atoms with Crippen LogP contribution in [0.3, 0.4) is 0 Å². The second-order valence-corrected chi connectivity index (χ2v) is 5.70. The second-order valence-electron chi connectivity index (χ2n) is 4.93. The van der Waals surface area contributed by atoms with Crippen molar-refractivity contribution in [3.8, 4) is 5.69 Å². The van der Waals surface area contributed by atoms with Gasteiger partial charge in [-0.15, -0.1) is 0 Å². The van der Waals surface area contributed by atoms with Crippen LogP contribution in [-0.4, -0.2) is 27.8 Å². The van der Waals surface area contributed by atoms with E-state index in [9.17, 15) is 9.18 Å². The predicted molar refractivity (Wildman–Crippen MR) is 87.1 cm³/mol. The van der Waals surface area contributed by atoms with Crippen LogP contribution < -0.4 is 5.32 Å². The topological polar surface area (TPSA) is 46.9 Å². The van der Waals surface area contributed by atoms with E-state index in [0.717, 1.165) is 18.5 Å². The maximum atomic E-state index is 13.1. The van der Waals surface area contributed by atoms with Crippen LogP contribution in [-0.2, 0) is 0 Å². The van der Waals surface area contributed by atoms with Crippen LogP contribution in [0.25, 0.3) is 5.69 Å². The Labute approximate surface area is 134 Å². The van der Waals surface area contributed by atoms with Crippen molar-refractivity contribution in [2.75, 3.05) is 6.26 Å². The fourth-order valence-electron chi connectivity index (χ4n) is 2.23. The molecule has 0 aliphatic heterocycles. The summed E-state index contributed by atoms with van der Waals surface area (Å²) in [4.78, 5) is 16.8. The molecule has 1 aromatic heterocycles. The van der Waals surface area contributed by atoms with Crippen LogP contribution >= 0.6 is 11.8 Å². The summed E-state index contributed by atoms with van der Waals surface area (Å²) in [5.74, 6) is -0.469. The average Bonchev–Trinajstić information content (AvgIpc) is 2.97. The second kappa shape index (κ2) is 7.45. The van der Waals surface area contributed by atoms with Crippen molar-refractivity contribution >= 4 is 17.7 Å². The van der Waals surface area contributed by atoms with Crippen molar-refractivity contribution in [1.29, 1.82) is 0 Å². The van der Waals surface area contributed by atoms with E-state index in [4.69, 9.17) is 0 Å². The summed E-state index contributed by atoms with van der Waals surface area (Å²) in [6, 6.07) is 6.18. The lowest BCUT2D eigenvalue weighted by Crippen LogP contribution is -2.35.